The van der Waals surface area contributed by atoms with E-state index < -0.39 is 0 Å². The minimum Gasteiger partial charge on any atom is -0.393 e. The number of aliphatic hydroxyl groups is 1. The third-order valence-corrected chi connectivity index (χ3v) is 5.01. The summed E-state index contributed by atoms with van der Waals surface area (Å²) in [5.41, 5.74) is 1.02. The molecule has 0 unspecified atom stereocenters. The van der Waals surface area contributed by atoms with Gasteiger partial charge >= 0.3 is 0 Å². The fourth-order valence-electron chi connectivity index (χ4n) is 3.86. The topological polar surface area (TPSA) is 58.4 Å². The molecule has 0 spiro atoms. The maximum Gasteiger partial charge on any atom is 0.246 e. The molecule has 1 aliphatic carbocycles. The van der Waals surface area contributed by atoms with Crippen LogP contribution < -0.4 is 0 Å². The van der Waals surface area contributed by atoms with Gasteiger partial charge in [-0.25, -0.2) is 0 Å². The van der Waals surface area contributed by atoms with Gasteiger partial charge in [0.15, 0.2) is 0 Å². The average Bonchev–Trinajstić information content (AvgIpc) is 2.98. The molecule has 1 N–H and O–H groups in total. The second kappa shape index (κ2) is 5.30. The van der Waals surface area contributed by atoms with Gasteiger partial charge in [0.25, 0.3) is 0 Å². The quantitative estimate of drug-likeness (QED) is 0.841. The Morgan fingerprint density at radius 2 is 2.33 bits per heavy atom. The van der Waals surface area contributed by atoms with Gasteiger partial charge in [0, 0.05) is 37.5 Å². The highest BCUT2D eigenvalue weighted by atomic mass is 16.3. The van der Waals surface area contributed by atoms with Crippen molar-refractivity contribution < 1.29 is 9.90 Å². The van der Waals surface area contributed by atoms with Crippen LogP contribution in [0.5, 0.6) is 0 Å². The van der Waals surface area contributed by atoms with Gasteiger partial charge in [-0.3, -0.25) is 9.48 Å². The molecule has 21 heavy (non-hydrogen) atoms. The number of hydrogen-bond acceptors (Lipinski definition) is 3. The number of aryl methyl sites for hydroxylation is 1. The minimum atomic E-state index is -0.202. The van der Waals surface area contributed by atoms with Gasteiger partial charge in [-0.15, -0.1) is 0 Å². The van der Waals surface area contributed by atoms with E-state index in [2.05, 4.69) is 12.0 Å². The Labute approximate surface area is 125 Å². The van der Waals surface area contributed by atoms with Crippen LogP contribution in [0.2, 0.25) is 0 Å². The molecule has 3 rings (SSSR count). The summed E-state index contributed by atoms with van der Waals surface area (Å²) in [6.45, 7) is 3.00. The Morgan fingerprint density at radius 3 is 3.05 bits per heavy atom. The molecule has 1 aromatic heterocycles. The number of carbonyl (C=O) groups excluding carboxylic acids is 1. The summed E-state index contributed by atoms with van der Waals surface area (Å²) < 4.78 is 1.72. The zero-order chi connectivity index (χ0) is 15.0. The Balaban J connectivity index is 1.70. The van der Waals surface area contributed by atoms with Crippen LogP contribution in [0.4, 0.5) is 0 Å². The highest BCUT2D eigenvalue weighted by Gasteiger charge is 2.48. The van der Waals surface area contributed by atoms with Crippen molar-refractivity contribution in [2.75, 3.05) is 6.54 Å². The number of carbonyl (C=O) groups is 1. The zero-order valence-electron chi connectivity index (χ0n) is 12.7. The van der Waals surface area contributed by atoms with Crippen molar-refractivity contribution in [1.29, 1.82) is 0 Å². The van der Waals surface area contributed by atoms with Gasteiger partial charge < -0.3 is 10.0 Å². The van der Waals surface area contributed by atoms with Crippen LogP contribution in [0.3, 0.4) is 0 Å². The predicted octanol–water partition coefficient (Wildman–Crippen LogP) is 1.59. The van der Waals surface area contributed by atoms with E-state index in [0.29, 0.717) is 0 Å². The van der Waals surface area contributed by atoms with E-state index in [1.807, 2.05) is 24.2 Å². The van der Waals surface area contributed by atoms with Gasteiger partial charge in [-0.05, 0) is 37.2 Å². The summed E-state index contributed by atoms with van der Waals surface area (Å²) in [6.07, 6.45) is 10.4. The standard InChI is InChI=1S/C16H23N3O2/c1-16-7-8-19(14(16)5-4-13(20)9-16)15(21)6-3-12-10-17-18(2)11-12/h3,6,10-11,13-14,20H,4-5,7-9H2,1-2H3/b6-3+/t13-,14-,16+/m1/s1. The van der Waals surface area contributed by atoms with E-state index in [4.69, 9.17) is 0 Å². The summed E-state index contributed by atoms with van der Waals surface area (Å²) in [5.74, 6) is 0.0731. The molecule has 1 aromatic rings. The molecule has 1 aliphatic heterocycles. The molecule has 5 nitrogen and oxygen atoms in total. The molecule has 0 radical (unpaired) electrons. The molecule has 1 amide bonds. The molecule has 5 heteroatoms. The predicted molar refractivity (Wildman–Crippen MR) is 80.3 cm³/mol. The monoisotopic (exact) mass is 289 g/mol. The van der Waals surface area contributed by atoms with Crippen LogP contribution >= 0.6 is 0 Å². The van der Waals surface area contributed by atoms with Gasteiger partial charge in [-0.1, -0.05) is 6.92 Å². The summed E-state index contributed by atoms with van der Waals surface area (Å²) in [4.78, 5) is 14.4. The third kappa shape index (κ3) is 2.75. The number of fused-ring (bicyclic) bond motifs is 1. The fraction of sp³-hybridized carbons (Fsp3) is 0.625. The Bertz CT molecular complexity index is 566. The lowest BCUT2D eigenvalue weighted by Gasteiger charge is -2.41. The maximum atomic E-state index is 12.5. The molecule has 0 aromatic carbocycles. The number of amides is 1. The number of nitrogens with zero attached hydrogens (tertiary/aromatic N) is 3. The molecule has 1 saturated carbocycles. The Hall–Kier alpha value is -1.62. The van der Waals surface area contributed by atoms with Crippen LogP contribution in [-0.2, 0) is 11.8 Å². The molecule has 1 saturated heterocycles. The number of aromatic nitrogens is 2. The smallest absolute Gasteiger partial charge is 0.246 e. The second-order valence-corrected chi connectivity index (χ2v) is 6.67. The molecular formula is C16H23N3O2. The number of aliphatic hydroxyl groups excluding tert-OH is 1. The van der Waals surface area contributed by atoms with Crippen LogP contribution in [0.25, 0.3) is 6.08 Å². The number of rotatable bonds is 2. The minimum absolute atomic E-state index is 0.0731. The van der Waals surface area contributed by atoms with E-state index in [9.17, 15) is 9.90 Å². The summed E-state index contributed by atoms with van der Waals surface area (Å²) in [5, 5.41) is 14.0. The lowest BCUT2D eigenvalue weighted by Crippen LogP contribution is -2.45. The van der Waals surface area contributed by atoms with E-state index in [0.717, 1.165) is 37.8 Å². The maximum absolute atomic E-state index is 12.5. The zero-order valence-corrected chi connectivity index (χ0v) is 12.7. The molecule has 3 atom stereocenters. The van der Waals surface area contributed by atoms with Gasteiger partial charge in [0.05, 0.1) is 12.3 Å². The summed E-state index contributed by atoms with van der Waals surface area (Å²) >= 11 is 0. The average molecular weight is 289 g/mol. The van der Waals surface area contributed by atoms with E-state index in [1.165, 1.54) is 0 Å². The Kier molecular flexibility index (Phi) is 3.61. The molecule has 0 bridgehead atoms. The van der Waals surface area contributed by atoms with Crippen LogP contribution in [0, 0.1) is 5.41 Å². The molecule has 2 aliphatic rings. The lowest BCUT2D eigenvalue weighted by molar-refractivity contribution is -0.129. The van der Waals surface area contributed by atoms with Crippen molar-refractivity contribution in [1.82, 2.24) is 14.7 Å². The molecule has 114 valence electrons. The first-order chi connectivity index (χ1) is 9.98. The molecular weight excluding hydrogens is 266 g/mol. The number of hydrogen-bond donors (Lipinski definition) is 1. The van der Waals surface area contributed by atoms with Crippen molar-refractivity contribution >= 4 is 12.0 Å². The molecule has 2 heterocycles. The van der Waals surface area contributed by atoms with Gasteiger partial charge in [0.1, 0.15) is 0 Å². The van der Waals surface area contributed by atoms with Crippen molar-refractivity contribution in [3.63, 3.8) is 0 Å². The summed E-state index contributed by atoms with van der Waals surface area (Å²) in [6, 6.07) is 0.270. The van der Waals surface area contributed by atoms with Crippen LogP contribution in [0.15, 0.2) is 18.5 Å². The fourth-order valence-corrected chi connectivity index (χ4v) is 3.86. The first-order valence-corrected chi connectivity index (χ1v) is 7.63. The second-order valence-electron chi connectivity index (χ2n) is 6.67. The summed E-state index contributed by atoms with van der Waals surface area (Å²) in [7, 11) is 1.86. The first-order valence-electron chi connectivity index (χ1n) is 7.63. The first kappa shape index (κ1) is 14.3. The number of likely N-dealkylation sites (tertiary alicyclic amines) is 1. The Morgan fingerprint density at radius 1 is 1.52 bits per heavy atom. The highest BCUT2D eigenvalue weighted by Crippen LogP contribution is 2.46. The van der Waals surface area contributed by atoms with Crippen LogP contribution in [-0.4, -0.2) is 44.4 Å². The highest BCUT2D eigenvalue weighted by molar-refractivity contribution is 5.92. The lowest BCUT2D eigenvalue weighted by atomic mass is 9.71. The normalized spacial score (nSPS) is 32.6. The molecule has 2 fully saturated rings. The van der Waals surface area contributed by atoms with E-state index >= 15 is 0 Å². The third-order valence-electron chi connectivity index (χ3n) is 5.01. The largest absolute Gasteiger partial charge is 0.393 e. The van der Waals surface area contributed by atoms with Crippen LogP contribution in [0.1, 0.15) is 38.2 Å². The van der Waals surface area contributed by atoms with Crippen molar-refractivity contribution in [2.24, 2.45) is 12.5 Å². The van der Waals surface area contributed by atoms with Crippen molar-refractivity contribution in [3.05, 3.63) is 24.0 Å². The SMILES string of the molecule is Cn1cc(/C=C/C(=O)N2CC[C@@]3(C)C[C@H](O)CC[C@@H]23)cn1. The van der Waals surface area contributed by atoms with E-state index in [-0.39, 0.29) is 23.5 Å². The van der Waals surface area contributed by atoms with Gasteiger partial charge in [-0.2, -0.15) is 5.10 Å². The van der Waals surface area contributed by atoms with Crippen molar-refractivity contribution in [2.45, 2.75) is 44.8 Å². The van der Waals surface area contributed by atoms with Gasteiger partial charge in [0.2, 0.25) is 5.91 Å². The van der Waals surface area contributed by atoms with Crippen molar-refractivity contribution in [3.8, 4) is 0 Å². The van der Waals surface area contributed by atoms with E-state index in [1.54, 1.807) is 17.0 Å².